The van der Waals surface area contributed by atoms with Gasteiger partial charge in [-0.05, 0) is 60.4 Å². The van der Waals surface area contributed by atoms with Crippen molar-refractivity contribution >= 4 is 5.91 Å². The molecule has 2 aliphatic carbocycles. The van der Waals surface area contributed by atoms with Crippen molar-refractivity contribution in [3.05, 3.63) is 72.3 Å². The van der Waals surface area contributed by atoms with Crippen LogP contribution in [0.25, 0.3) is 16.8 Å². The average molecular weight is 425 g/mol. The summed E-state index contributed by atoms with van der Waals surface area (Å²) in [4.78, 5) is 17.1. The number of imidazole rings is 1. The Labute approximate surface area is 178 Å². The normalized spacial score (nSPS) is 22.6. The molecule has 1 N–H and O–H groups in total. The smallest absolute Gasteiger partial charge is 0.348 e. The van der Waals surface area contributed by atoms with E-state index in [1.807, 2.05) is 0 Å². The Kier molecular flexibility index (Phi) is 4.84. The van der Waals surface area contributed by atoms with Crippen molar-refractivity contribution in [2.45, 2.75) is 37.9 Å². The number of hydrogen-bond donors (Lipinski definition) is 1. The molecule has 1 aromatic heterocycles. The first kappa shape index (κ1) is 19.8. The molecule has 5 rings (SSSR count). The lowest BCUT2D eigenvalue weighted by atomic mass is 9.95. The fourth-order valence-electron chi connectivity index (χ4n) is 5.14. The zero-order valence-corrected chi connectivity index (χ0v) is 16.8. The molecule has 3 atom stereocenters. The third kappa shape index (κ3) is 3.73. The molecule has 0 radical (unpaired) electrons. The Morgan fingerprint density at radius 2 is 1.90 bits per heavy atom. The number of alkyl halides is 3. The van der Waals surface area contributed by atoms with Gasteiger partial charge in [0.05, 0.1) is 18.1 Å². The van der Waals surface area contributed by atoms with Gasteiger partial charge in [-0.2, -0.15) is 13.2 Å². The Hall–Kier alpha value is -3.09. The maximum absolute atomic E-state index is 13.5. The predicted octanol–water partition coefficient (Wildman–Crippen LogP) is 5.48. The zero-order chi connectivity index (χ0) is 21.6. The predicted molar refractivity (Wildman–Crippen MR) is 111 cm³/mol. The van der Waals surface area contributed by atoms with Gasteiger partial charge < -0.3 is 5.32 Å². The van der Waals surface area contributed by atoms with Gasteiger partial charge in [-0.3, -0.25) is 9.36 Å². The molecule has 160 valence electrons. The minimum atomic E-state index is -4.45. The Bertz CT molecular complexity index is 1120. The summed E-state index contributed by atoms with van der Waals surface area (Å²) in [7, 11) is 0. The molecule has 2 bridgehead atoms. The molecule has 0 unspecified atom stereocenters. The van der Waals surface area contributed by atoms with Crippen LogP contribution in [-0.2, 0) is 6.18 Å². The number of halogens is 3. The summed E-state index contributed by atoms with van der Waals surface area (Å²) in [5.74, 6) is 1.06. The SMILES string of the molecule is O=C(N[C@H]1C[C@H]2CC[C@H]1C2)c1cncn1-c1cccc(-c2ccccc2C(F)(F)F)c1. The number of carbonyl (C=O) groups is 1. The number of rotatable bonds is 4. The van der Waals surface area contributed by atoms with E-state index in [1.54, 1.807) is 34.9 Å². The van der Waals surface area contributed by atoms with Crippen LogP contribution in [0.3, 0.4) is 0 Å². The quantitative estimate of drug-likeness (QED) is 0.602. The lowest BCUT2D eigenvalue weighted by Gasteiger charge is -2.23. The van der Waals surface area contributed by atoms with Crippen LogP contribution < -0.4 is 5.32 Å². The molecule has 2 saturated carbocycles. The first-order valence-electron chi connectivity index (χ1n) is 10.5. The molecule has 1 heterocycles. The lowest BCUT2D eigenvalue weighted by Crippen LogP contribution is -2.39. The third-order valence-electron chi connectivity index (χ3n) is 6.59. The van der Waals surface area contributed by atoms with Crippen LogP contribution in [0.2, 0.25) is 0 Å². The summed E-state index contributed by atoms with van der Waals surface area (Å²) >= 11 is 0. The van der Waals surface area contributed by atoms with Crippen molar-refractivity contribution in [3.63, 3.8) is 0 Å². The Morgan fingerprint density at radius 1 is 1.06 bits per heavy atom. The number of hydrogen-bond acceptors (Lipinski definition) is 2. The highest BCUT2D eigenvalue weighted by Crippen LogP contribution is 2.44. The fraction of sp³-hybridized carbons (Fsp3) is 0.333. The van der Waals surface area contributed by atoms with Crippen LogP contribution in [0.5, 0.6) is 0 Å². The van der Waals surface area contributed by atoms with E-state index >= 15 is 0 Å². The number of nitrogens with one attached hydrogen (secondary N) is 1. The summed E-state index contributed by atoms with van der Waals surface area (Å²) < 4.78 is 42.0. The maximum Gasteiger partial charge on any atom is 0.417 e. The van der Waals surface area contributed by atoms with E-state index in [2.05, 4.69) is 10.3 Å². The molecule has 2 aliphatic rings. The van der Waals surface area contributed by atoms with E-state index < -0.39 is 11.7 Å². The van der Waals surface area contributed by atoms with E-state index in [9.17, 15) is 18.0 Å². The first-order valence-corrected chi connectivity index (χ1v) is 10.5. The Balaban J connectivity index is 1.44. The van der Waals surface area contributed by atoms with Gasteiger partial charge in [-0.15, -0.1) is 0 Å². The molecular weight excluding hydrogens is 403 g/mol. The number of fused-ring (bicyclic) bond motifs is 2. The minimum Gasteiger partial charge on any atom is -0.348 e. The maximum atomic E-state index is 13.5. The number of amides is 1. The van der Waals surface area contributed by atoms with E-state index in [0.717, 1.165) is 18.9 Å². The highest BCUT2D eigenvalue weighted by atomic mass is 19.4. The molecular formula is C24H22F3N3O. The molecule has 2 fully saturated rings. The molecule has 4 nitrogen and oxygen atoms in total. The van der Waals surface area contributed by atoms with Crippen LogP contribution in [0.15, 0.2) is 61.1 Å². The first-order chi connectivity index (χ1) is 14.9. The highest BCUT2D eigenvalue weighted by molar-refractivity contribution is 5.93. The van der Waals surface area contributed by atoms with Crippen LogP contribution in [0.4, 0.5) is 13.2 Å². The minimum absolute atomic E-state index is 0.102. The summed E-state index contributed by atoms with van der Waals surface area (Å²) in [6, 6.07) is 12.4. The second-order valence-corrected chi connectivity index (χ2v) is 8.50. The zero-order valence-electron chi connectivity index (χ0n) is 16.8. The summed E-state index contributed by atoms with van der Waals surface area (Å²) in [5, 5.41) is 3.15. The number of nitrogens with zero attached hydrogens (tertiary/aromatic N) is 2. The van der Waals surface area contributed by atoms with Gasteiger partial charge in [0.25, 0.3) is 5.91 Å². The molecule has 0 saturated heterocycles. The summed E-state index contributed by atoms with van der Waals surface area (Å²) in [5.41, 5.74) is 0.810. The highest BCUT2D eigenvalue weighted by Gasteiger charge is 2.40. The third-order valence-corrected chi connectivity index (χ3v) is 6.59. The van der Waals surface area contributed by atoms with Crippen LogP contribution in [0.1, 0.15) is 41.7 Å². The van der Waals surface area contributed by atoms with Crippen LogP contribution in [-0.4, -0.2) is 21.5 Å². The van der Waals surface area contributed by atoms with Gasteiger partial charge in [0.1, 0.15) is 5.69 Å². The lowest BCUT2D eigenvalue weighted by molar-refractivity contribution is -0.137. The number of aromatic nitrogens is 2. The fourth-order valence-corrected chi connectivity index (χ4v) is 5.14. The molecule has 3 aromatic rings. The van der Waals surface area contributed by atoms with E-state index in [1.165, 1.54) is 37.5 Å². The number of benzene rings is 2. The largest absolute Gasteiger partial charge is 0.417 e. The summed E-state index contributed by atoms with van der Waals surface area (Å²) in [6.07, 6.45) is 3.19. The van der Waals surface area contributed by atoms with E-state index in [0.29, 0.717) is 28.8 Å². The van der Waals surface area contributed by atoms with Crippen molar-refractivity contribution in [1.82, 2.24) is 14.9 Å². The molecule has 7 heteroatoms. The molecule has 31 heavy (non-hydrogen) atoms. The molecule has 2 aromatic carbocycles. The van der Waals surface area contributed by atoms with Crippen molar-refractivity contribution < 1.29 is 18.0 Å². The van der Waals surface area contributed by atoms with Gasteiger partial charge >= 0.3 is 6.18 Å². The van der Waals surface area contributed by atoms with E-state index in [4.69, 9.17) is 0 Å². The summed E-state index contributed by atoms with van der Waals surface area (Å²) in [6.45, 7) is 0. The topological polar surface area (TPSA) is 46.9 Å². The van der Waals surface area contributed by atoms with Crippen LogP contribution >= 0.6 is 0 Å². The van der Waals surface area contributed by atoms with Gasteiger partial charge in [0.2, 0.25) is 0 Å². The standard InChI is InChI=1S/C24H22F3N3O/c25-24(26,27)20-7-2-1-6-19(20)16-4-3-5-18(12-16)30-14-28-13-22(30)23(31)29-21-11-15-8-9-17(21)10-15/h1-7,12-15,17,21H,8-11H2,(H,29,31)/t15-,17-,21-/m0/s1. The van der Waals surface area contributed by atoms with Crippen molar-refractivity contribution in [2.24, 2.45) is 11.8 Å². The molecule has 0 aliphatic heterocycles. The van der Waals surface area contributed by atoms with Gasteiger partial charge in [-0.25, -0.2) is 4.98 Å². The van der Waals surface area contributed by atoms with Crippen molar-refractivity contribution in [3.8, 4) is 16.8 Å². The monoisotopic (exact) mass is 425 g/mol. The van der Waals surface area contributed by atoms with Gasteiger partial charge in [0, 0.05) is 11.7 Å². The van der Waals surface area contributed by atoms with Crippen LogP contribution in [0, 0.1) is 11.8 Å². The van der Waals surface area contributed by atoms with Gasteiger partial charge in [0.15, 0.2) is 0 Å². The van der Waals surface area contributed by atoms with E-state index in [-0.39, 0.29) is 17.5 Å². The molecule has 1 amide bonds. The second kappa shape index (κ2) is 7.55. The second-order valence-electron chi connectivity index (χ2n) is 8.50. The van der Waals surface area contributed by atoms with Crippen molar-refractivity contribution in [1.29, 1.82) is 0 Å². The van der Waals surface area contributed by atoms with Gasteiger partial charge in [-0.1, -0.05) is 36.8 Å². The van der Waals surface area contributed by atoms with Crippen molar-refractivity contribution in [2.75, 3.05) is 0 Å². The Morgan fingerprint density at radius 3 is 2.65 bits per heavy atom. The average Bonchev–Trinajstić information content (AvgIpc) is 3.50. The number of carbonyl (C=O) groups excluding carboxylic acids is 1. The molecule has 0 spiro atoms.